The summed E-state index contributed by atoms with van der Waals surface area (Å²) in [5.41, 5.74) is 2.64. The first kappa shape index (κ1) is 11.6. The SMILES string of the molecule is CCc1cc2c(NC)nc(-c3cscn3)nc2s1. The molecule has 3 rings (SSSR count). The molecule has 0 saturated carbocycles. The minimum atomic E-state index is 0.692. The van der Waals surface area contributed by atoms with Gasteiger partial charge in [-0.25, -0.2) is 15.0 Å². The van der Waals surface area contributed by atoms with E-state index in [2.05, 4.69) is 33.3 Å². The van der Waals surface area contributed by atoms with Crippen LogP contribution < -0.4 is 5.32 Å². The molecule has 18 heavy (non-hydrogen) atoms. The Balaban J connectivity index is 2.24. The van der Waals surface area contributed by atoms with Gasteiger partial charge in [0.15, 0.2) is 5.82 Å². The van der Waals surface area contributed by atoms with Crippen molar-refractivity contribution in [3.05, 3.63) is 21.8 Å². The number of thiazole rings is 1. The van der Waals surface area contributed by atoms with Crippen molar-refractivity contribution < 1.29 is 0 Å². The molecule has 0 amide bonds. The minimum Gasteiger partial charge on any atom is -0.372 e. The van der Waals surface area contributed by atoms with Gasteiger partial charge in [-0.2, -0.15) is 0 Å². The van der Waals surface area contributed by atoms with E-state index in [0.29, 0.717) is 5.82 Å². The molecule has 0 fully saturated rings. The highest BCUT2D eigenvalue weighted by Gasteiger charge is 2.12. The van der Waals surface area contributed by atoms with Gasteiger partial charge in [0.05, 0.1) is 10.9 Å². The number of hydrogen-bond donors (Lipinski definition) is 1. The Morgan fingerprint density at radius 1 is 1.33 bits per heavy atom. The van der Waals surface area contributed by atoms with Crippen LogP contribution in [0.2, 0.25) is 0 Å². The Hall–Kier alpha value is -1.53. The number of nitrogens with one attached hydrogen (secondary N) is 1. The fourth-order valence-electron chi connectivity index (χ4n) is 1.77. The summed E-state index contributed by atoms with van der Waals surface area (Å²) < 4.78 is 0. The van der Waals surface area contributed by atoms with E-state index in [1.807, 2.05) is 12.4 Å². The second-order valence-corrected chi connectivity index (χ2v) is 5.64. The number of anilines is 1. The number of hydrogen-bond acceptors (Lipinski definition) is 6. The van der Waals surface area contributed by atoms with Gasteiger partial charge in [-0.1, -0.05) is 6.92 Å². The highest BCUT2D eigenvalue weighted by atomic mass is 32.1. The Labute approximate surface area is 113 Å². The Bertz CT molecular complexity index is 673. The van der Waals surface area contributed by atoms with E-state index in [9.17, 15) is 0 Å². The smallest absolute Gasteiger partial charge is 0.182 e. The highest BCUT2D eigenvalue weighted by Crippen LogP contribution is 2.31. The van der Waals surface area contributed by atoms with Crippen molar-refractivity contribution in [2.45, 2.75) is 13.3 Å². The topological polar surface area (TPSA) is 50.7 Å². The molecule has 92 valence electrons. The second kappa shape index (κ2) is 4.62. The van der Waals surface area contributed by atoms with Crippen LogP contribution in [0.3, 0.4) is 0 Å². The van der Waals surface area contributed by atoms with E-state index in [0.717, 1.165) is 28.1 Å². The summed E-state index contributed by atoms with van der Waals surface area (Å²) in [6.07, 6.45) is 1.02. The molecular weight excluding hydrogens is 264 g/mol. The molecular formula is C12H12N4S2. The van der Waals surface area contributed by atoms with Crippen molar-refractivity contribution in [3.8, 4) is 11.5 Å². The van der Waals surface area contributed by atoms with E-state index >= 15 is 0 Å². The van der Waals surface area contributed by atoms with Crippen molar-refractivity contribution in [1.82, 2.24) is 15.0 Å². The molecule has 0 unspecified atom stereocenters. The van der Waals surface area contributed by atoms with Gasteiger partial charge in [0, 0.05) is 17.3 Å². The van der Waals surface area contributed by atoms with Crippen LogP contribution in [0.25, 0.3) is 21.7 Å². The fraction of sp³-hybridized carbons (Fsp3) is 0.250. The standard InChI is InChI=1S/C12H12N4S2/c1-3-7-4-8-10(13-2)15-11(16-12(8)18-7)9-5-17-6-14-9/h4-6H,3H2,1-2H3,(H,13,15,16). The third-order valence-electron chi connectivity index (χ3n) is 2.69. The molecule has 0 aliphatic heterocycles. The molecule has 0 bridgehead atoms. The molecule has 0 aliphatic carbocycles. The van der Waals surface area contributed by atoms with Crippen LogP contribution in [0, 0.1) is 0 Å². The fourth-order valence-corrected chi connectivity index (χ4v) is 3.27. The zero-order chi connectivity index (χ0) is 12.5. The number of nitrogens with zero attached hydrogens (tertiary/aromatic N) is 3. The third-order valence-corrected chi connectivity index (χ3v) is 4.45. The molecule has 4 nitrogen and oxygen atoms in total. The van der Waals surface area contributed by atoms with Gasteiger partial charge in [-0.3, -0.25) is 0 Å². The van der Waals surface area contributed by atoms with Crippen LogP contribution in [0.4, 0.5) is 5.82 Å². The number of aryl methyl sites for hydroxylation is 1. The maximum absolute atomic E-state index is 4.61. The summed E-state index contributed by atoms with van der Waals surface area (Å²) in [6.45, 7) is 2.15. The average Bonchev–Trinajstić information content (AvgIpc) is 3.05. The first-order valence-corrected chi connectivity index (χ1v) is 7.44. The van der Waals surface area contributed by atoms with Crippen LogP contribution in [0.15, 0.2) is 17.0 Å². The molecule has 1 N–H and O–H groups in total. The summed E-state index contributed by atoms with van der Waals surface area (Å²) in [6, 6.07) is 2.16. The van der Waals surface area contributed by atoms with Crippen LogP contribution in [0.5, 0.6) is 0 Å². The molecule has 3 aromatic rings. The molecule has 3 aromatic heterocycles. The normalized spacial score (nSPS) is 11.0. The first-order valence-electron chi connectivity index (χ1n) is 5.68. The maximum Gasteiger partial charge on any atom is 0.182 e. The monoisotopic (exact) mass is 276 g/mol. The van der Waals surface area contributed by atoms with Gasteiger partial charge in [-0.05, 0) is 12.5 Å². The van der Waals surface area contributed by atoms with Crippen molar-refractivity contribution in [1.29, 1.82) is 0 Å². The molecule has 0 saturated heterocycles. The van der Waals surface area contributed by atoms with Crippen molar-refractivity contribution in [2.75, 3.05) is 12.4 Å². The third kappa shape index (κ3) is 1.87. The van der Waals surface area contributed by atoms with Crippen LogP contribution in [-0.2, 0) is 6.42 Å². The summed E-state index contributed by atoms with van der Waals surface area (Å²) >= 11 is 3.28. The van der Waals surface area contributed by atoms with Gasteiger partial charge in [0.25, 0.3) is 0 Å². The summed E-state index contributed by atoms with van der Waals surface area (Å²) in [4.78, 5) is 15.8. The van der Waals surface area contributed by atoms with Crippen LogP contribution in [-0.4, -0.2) is 22.0 Å². The molecule has 0 atom stereocenters. The summed E-state index contributed by atoms with van der Waals surface area (Å²) in [7, 11) is 1.88. The van der Waals surface area contributed by atoms with Gasteiger partial charge < -0.3 is 5.32 Å². The zero-order valence-corrected chi connectivity index (χ0v) is 11.7. The molecule has 0 spiro atoms. The Morgan fingerprint density at radius 2 is 2.22 bits per heavy atom. The molecule has 0 aliphatic rings. The molecule has 0 radical (unpaired) electrons. The predicted molar refractivity (Wildman–Crippen MR) is 77.4 cm³/mol. The predicted octanol–water partition coefficient (Wildman–Crippen LogP) is 3.42. The number of thiophene rings is 1. The number of fused-ring (bicyclic) bond motifs is 1. The molecule has 6 heteroatoms. The summed E-state index contributed by atoms with van der Waals surface area (Å²) in [5.74, 6) is 1.57. The van der Waals surface area contributed by atoms with Gasteiger partial charge >= 0.3 is 0 Å². The lowest BCUT2D eigenvalue weighted by Gasteiger charge is -2.02. The number of aromatic nitrogens is 3. The molecule has 3 heterocycles. The van der Waals surface area contributed by atoms with Gasteiger partial charge in [-0.15, -0.1) is 22.7 Å². The minimum absolute atomic E-state index is 0.692. The van der Waals surface area contributed by atoms with Crippen molar-refractivity contribution in [3.63, 3.8) is 0 Å². The number of rotatable bonds is 3. The average molecular weight is 276 g/mol. The van der Waals surface area contributed by atoms with E-state index in [1.165, 1.54) is 4.88 Å². The summed E-state index contributed by atoms with van der Waals surface area (Å²) in [5, 5.41) is 6.20. The van der Waals surface area contributed by atoms with E-state index < -0.39 is 0 Å². The second-order valence-electron chi connectivity index (χ2n) is 3.80. The zero-order valence-electron chi connectivity index (χ0n) is 10.1. The van der Waals surface area contributed by atoms with Gasteiger partial charge in [0.1, 0.15) is 16.3 Å². The van der Waals surface area contributed by atoms with Gasteiger partial charge in [0.2, 0.25) is 0 Å². The maximum atomic E-state index is 4.61. The van der Waals surface area contributed by atoms with E-state index in [1.54, 1.807) is 28.2 Å². The highest BCUT2D eigenvalue weighted by molar-refractivity contribution is 7.18. The van der Waals surface area contributed by atoms with E-state index in [-0.39, 0.29) is 0 Å². The van der Waals surface area contributed by atoms with Crippen molar-refractivity contribution >= 4 is 38.7 Å². The Kier molecular flexibility index (Phi) is 2.97. The van der Waals surface area contributed by atoms with Crippen LogP contribution in [0.1, 0.15) is 11.8 Å². The van der Waals surface area contributed by atoms with Crippen molar-refractivity contribution in [2.24, 2.45) is 0 Å². The lowest BCUT2D eigenvalue weighted by molar-refractivity contribution is 1.18. The Morgan fingerprint density at radius 3 is 2.89 bits per heavy atom. The largest absolute Gasteiger partial charge is 0.372 e. The molecule has 0 aromatic carbocycles. The van der Waals surface area contributed by atoms with Crippen LogP contribution >= 0.6 is 22.7 Å². The first-order chi connectivity index (χ1) is 8.81. The quantitative estimate of drug-likeness (QED) is 0.796. The lowest BCUT2D eigenvalue weighted by atomic mass is 10.3. The lowest BCUT2D eigenvalue weighted by Crippen LogP contribution is -1.97. The van der Waals surface area contributed by atoms with E-state index in [4.69, 9.17) is 0 Å².